The van der Waals surface area contributed by atoms with Gasteiger partial charge in [0.1, 0.15) is 5.60 Å². The van der Waals surface area contributed by atoms with E-state index in [1.54, 1.807) is 6.07 Å². The number of ether oxygens (including phenoxy) is 5. The maximum atomic E-state index is 11.7. The van der Waals surface area contributed by atoms with Crippen molar-refractivity contribution in [3.63, 3.8) is 0 Å². The van der Waals surface area contributed by atoms with E-state index in [0.29, 0.717) is 22.9 Å². The van der Waals surface area contributed by atoms with Crippen LogP contribution in [-0.4, -0.2) is 25.2 Å². The summed E-state index contributed by atoms with van der Waals surface area (Å²) in [5.41, 5.74) is 6.54. The summed E-state index contributed by atoms with van der Waals surface area (Å²) in [6.07, 6.45) is 0.198. The third kappa shape index (κ3) is 4.75. The number of fused-ring (bicyclic) bond motifs is 2. The molecule has 7 nitrogen and oxygen atoms in total. The Morgan fingerprint density at radius 1 is 0.963 bits per heavy atom. The maximum absolute atomic E-state index is 11.7. The lowest BCUT2D eigenvalue weighted by Crippen LogP contribution is -2.24. The smallest absolute Gasteiger partial charge is 0.310 e. The molecule has 7 heteroatoms. The lowest BCUT2D eigenvalue weighted by Gasteiger charge is -2.19. The van der Waals surface area contributed by atoms with E-state index in [2.05, 4.69) is 0 Å². The molecule has 2 heterocycles. The summed E-state index contributed by atoms with van der Waals surface area (Å²) >= 11 is 0. The van der Waals surface area contributed by atoms with E-state index >= 15 is 0 Å². The van der Waals surface area contributed by atoms with Crippen LogP contribution in [0.5, 0.6) is 23.0 Å². The van der Waals surface area contributed by atoms with Crippen LogP contribution in [-0.2, 0) is 16.0 Å². The maximum Gasteiger partial charge on any atom is 0.310 e. The van der Waals surface area contributed by atoms with Crippen molar-refractivity contribution in [1.82, 2.24) is 0 Å². The quantitative estimate of drug-likeness (QED) is 0.638. The predicted octanol–water partition coefficient (Wildman–Crippen LogP) is 3.30. The second-order valence-corrected chi connectivity index (χ2v) is 7.00. The van der Waals surface area contributed by atoms with Gasteiger partial charge in [0, 0.05) is 5.56 Å². The van der Waals surface area contributed by atoms with Gasteiger partial charge in [-0.15, -0.1) is 0 Å². The number of nitrogens with two attached hydrogens (primary N) is 1. The summed E-state index contributed by atoms with van der Waals surface area (Å²) in [4.78, 5) is 11.7. The van der Waals surface area contributed by atoms with E-state index in [1.807, 2.05) is 51.1 Å². The van der Waals surface area contributed by atoms with Crippen LogP contribution in [0.3, 0.4) is 0 Å². The third-order valence-corrected chi connectivity index (χ3v) is 3.66. The van der Waals surface area contributed by atoms with Crippen molar-refractivity contribution >= 4 is 11.7 Å². The number of hydrogen-bond donors (Lipinski definition) is 1. The Hall–Kier alpha value is -3.09. The van der Waals surface area contributed by atoms with Crippen LogP contribution in [0, 0.1) is 0 Å². The second kappa shape index (κ2) is 7.65. The van der Waals surface area contributed by atoms with E-state index in [4.69, 9.17) is 29.4 Å². The van der Waals surface area contributed by atoms with Crippen molar-refractivity contribution in [1.29, 1.82) is 0 Å². The number of nitrogen functional groups attached to an aromatic ring is 1. The highest BCUT2D eigenvalue weighted by Crippen LogP contribution is 2.37. The second-order valence-electron chi connectivity index (χ2n) is 7.00. The molecule has 0 saturated heterocycles. The summed E-state index contributed by atoms with van der Waals surface area (Å²) in [6.45, 7) is 6.03. The zero-order valence-electron chi connectivity index (χ0n) is 15.6. The number of carbonyl (C=O) groups is 1. The van der Waals surface area contributed by atoms with Gasteiger partial charge in [0.2, 0.25) is 13.6 Å². The van der Waals surface area contributed by atoms with E-state index in [0.717, 1.165) is 11.3 Å². The third-order valence-electron chi connectivity index (χ3n) is 3.66. The molecule has 0 radical (unpaired) electrons. The summed E-state index contributed by atoms with van der Waals surface area (Å²) in [6, 6.07) is 11.0. The van der Waals surface area contributed by atoms with E-state index in [1.165, 1.54) is 0 Å². The Morgan fingerprint density at radius 2 is 1.56 bits per heavy atom. The fraction of sp³-hybridized carbons (Fsp3) is 0.350. The van der Waals surface area contributed by atoms with Crippen molar-refractivity contribution in [2.45, 2.75) is 32.8 Å². The van der Waals surface area contributed by atoms with Crippen molar-refractivity contribution in [2.75, 3.05) is 19.3 Å². The Kier molecular flexibility index (Phi) is 5.30. The van der Waals surface area contributed by atoms with Crippen molar-refractivity contribution in [3.8, 4) is 23.0 Å². The van der Waals surface area contributed by atoms with Crippen molar-refractivity contribution in [3.05, 3.63) is 42.0 Å². The average molecular weight is 373 g/mol. The number of hydrogen-bond acceptors (Lipinski definition) is 7. The van der Waals surface area contributed by atoms with Gasteiger partial charge in [0.05, 0.1) is 12.1 Å². The Balaban J connectivity index is 0.000000177. The molecule has 2 aromatic rings. The van der Waals surface area contributed by atoms with Gasteiger partial charge in [0.15, 0.2) is 23.0 Å². The van der Waals surface area contributed by atoms with Crippen LogP contribution >= 0.6 is 0 Å². The molecule has 2 aromatic carbocycles. The molecule has 2 N–H and O–H groups in total. The van der Waals surface area contributed by atoms with Crippen LogP contribution in [0.15, 0.2) is 36.4 Å². The summed E-state index contributed by atoms with van der Waals surface area (Å²) in [7, 11) is 0. The first-order valence-electron chi connectivity index (χ1n) is 8.57. The first-order chi connectivity index (χ1) is 12.8. The number of carbonyl (C=O) groups excluding carboxylic acids is 1. The number of esters is 1. The molecule has 4 rings (SSSR count). The number of anilines is 1. The molecule has 0 amide bonds. The highest BCUT2D eigenvalue weighted by atomic mass is 16.7. The molecule has 2 aliphatic heterocycles. The minimum atomic E-state index is -0.466. The molecule has 0 spiro atoms. The first-order valence-corrected chi connectivity index (χ1v) is 8.57. The minimum absolute atomic E-state index is 0.198. The van der Waals surface area contributed by atoms with Crippen LogP contribution in [0.25, 0.3) is 0 Å². The van der Waals surface area contributed by atoms with Crippen molar-refractivity contribution in [2.24, 2.45) is 0 Å². The molecular weight excluding hydrogens is 350 g/mol. The summed E-state index contributed by atoms with van der Waals surface area (Å²) in [5, 5.41) is 0. The zero-order valence-corrected chi connectivity index (χ0v) is 15.6. The molecule has 2 aliphatic rings. The molecule has 0 aromatic heterocycles. The summed E-state index contributed by atoms with van der Waals surface area (Å²) in [5.74, 6) is 2.48. The predicted molar refractivity (Wildman–Crippen MR) is 99.1 cm³/mol. The monoisotopic (exact) mass is 373 g/mol. The summed E-state index contributed by atoms with van der Waals surface area (Å²) < 4.78 is 26.0. The molecule has 144 valence electrons. The van der Waals surface area contributed by atoms with E-state index in [9.17, 15) is 4.79 Å². The Labute approximate surface area is 157 Å². The van der Waals surface area contributed by atoms with Gasteiger partial charge in [-0.2, -0.15) is 0 Å². The van der Waals surface area contributed by atoms with Gasteiger partial charge in [-0.25, -0.2) is 0 Å². The van der Waals surface area contributed by atoms with Gasteiger partial charge in [-0.05, 0) is 39.0 Å². The molecule has 0 unspecified atom stereocenters. The molecule has 0 aliphatic carbocycles. The largest absolute Gasteiger partial charge is 0.460 e. The van der Waals surface area contributed by atoms with E-state index < -0.39 is 5.60 Å². The van der Waals surface area contributed by atoms with Crippen LogP contribution in [0.1, 0.15) is 26.3 Å². The Morgan fingerprint density at radius 3 is 2.19 bits per heavy atom. The fourth-order valence-electron chi connectivity index (χ4n) is 2.62. The topological polar surface area (TPSA) is 89.2 Å². The van der Waals surface area contributed by atoms with E-state index in [-0.39, 0.29) is 26.0 Å². The average Bonchev–Trinajstić information content (AvgIpc) is 3.23. The lowest BCUT2D eigenvalue weighted by molar-refractivity contribution is -0.153. The molecule has 0 fully saturated rings. The van der Waals surface area contributed by atoms with Gasteiger partial charge >= 0.3 is 5.97 Å². The van der Waals surface area contributed by atoms with Crippen molar-refractivity contribution < 1.29 is 28.5 Å². The molecule has 0 bridgehead atoms. The van der Waals surface area contributed by atoms with Gasteiger partial charge in [0.25, 0.3) is 0 Å². The highest BCUT2D eigenvalue weighted by molar-refractivity contribution is 5.74. The van der Waals surface area contributed by atoms with Crippen LogP contribution in [0.4, 0.5) is 5.69 Å². The standard InChI is InChI=1S/C13H16O4.C7H7NO2/c1-13(2,3)17-11(14)7-9-5-4-6-10-12(9)16-8-15-10;8-5-2-1-3-6-7(5)10-4-9-6/h4-6H,7-8H2,1-3H3;1-3H,4,8H2. The van der Waals surface area contributed by atoms with Gasteiger partial charge in [-0.1, -0.05) is 18.2 Å². The highest BCUT2D eigenvalue weighted by Gasteiger charge is 2.22. The molecule has 27 heavy (non-hydrogen) atoms. The Bertz CT molecular complexity index is 828. The normalized spacial score (nSPS) is 13.6. The lowest BCUT2D eigenvalue weighted by atomic mass is 10.1. The van der Waals surface area contributed by atoms with Gasteiger partial charge in [-0.3, -0.25) is 4.79 Å². The zero-order chi connectivity index (χ0) is 19.4. The minimum Gasteiger partial charge on any atom is -0.460 e. The molecule has 0 saturated carbocycles. The molecule has 0 atom stereocenters. The van der Waals surface area contributed by atoms with Crippen LogP contribution < -0.4 is 24.7 Å². The number of benzene rings is 2. The number of rotatable bonds is 2. The molecular formula is C20H23NO6. The first kappa shape index (κ1) is 18.7. The fourth-order valence-corrected chi connectivity index (χ4v) is 2.62. The van der Waals surface area contributed by atoms with Gasteiger partial charge < -0.3 is 29.4 Å². The van der Waals surface area contributed by atoms with Crippen LogP contribution in [0.2, 0.25) is 0 Å². The SMILES string of the molecule is CC(C)(C)OC(=O)Cc1cccc2c1OCO2.Nc1cccc2c1OCO2. The number of para-hydroxylation sites is 2.